The Morgan fingerprint density at radius 3 is 2.67 bits per heavy atom. The summed E-state index contributed by atoms with van der Waals surface area (Å²) in [5.41, 5.74) is 9.47. The second-order valence-corrected chi connectivity index (χ2v) is 6.01. The van der Waals surface area contributed by atoms with Crippen molar-refractivity contribution in [3.63, 3.8) is 0 Å². The van der Waals surface area contributed by atoms with Crippen molar-refractivity contribution >= 4 is 0 Å². The van der Waals surface area contributed by atoms with Crippen molar-refractivity contribution in [2.24, 2.45) is 0 Å². The first-order chi connectivity index (χ1) is 11.7. The molecule has 5 nitrogen and oxygen atoms in total. The van der Waals surface area contributed by atoms with E-state index in [1.165, 1.54) is 12.1 Å². The Labute approximate surface area is 138 Å². The van der Waals surface area contributed by atoms with Gasteiger partial charge < -0.3 is 4.52 Å². The van der Waals surface area contributed by atoms with Gasteiger partial charge in [-0.05, 0) is 37.1 Å². The van der Waals surface area contributed by atoms with Gasteiger partial charge in [-0.3, -0.25) is 0 Å². The van der Waals surface area contributed by atoms with E-state index in [2.05, 4.69) is 21.0 Å². The van der Waals surface area contributed by atoms with Crippen LogP contribution in [0.1, 0.15) is 35.5 Å². The fourth-order valence-corrected chi connectivity index (χ4v) is 2.91. The maximum Gasteiger partial charge on any atom is 0.245 e. The molecule has 1 saturated heterocycles. The molecule has 1 aromatic heterocycles. The predicted molar refractivity (Wildman–Crippen MR) is 87.2 cm³/mol. The lowest BCUT2D eigenvalue weighted by Crippen LogP contribution is -2.26. The molecule has 122 valence electrons. The van der Waals surface area contributed by atoms with Gasteiger partial charge in [0.2, 0.25) is 11.7 Å². The number of halogens is 1. The molecule has 0 bridgehead atoms. The van der Waals surface area contributed by atoms with Crippen molar-refractivity contribution in [3.05, 3.63) is 71.4 Å². The third-order valence-corrected chi connectivity index (χ3v) is 4.19. The third kappa shape index (κ3) is 2.93. The molecule has 6 heteroatoms. The van der Waals surface area contributed by atoms with Crippen LogP contribution in [0.5, 0.6) is 0 Å². The molecule has 0 radical (unpaired) electrons. The molecule has 1 aliphatic rings. The minimum Gasteiger partial charge on any atom is -0.337 e. The Bertz CT molecular complexity index is 846. The van der Waals surface area contributed by atoms with Crippen molar-refractivity contribution < 1.29 is 8.91 Å². The Morgan fingerprint density at radius 1 is 1.08 bits per heavy atom. The predicted octanol–water partition coefficient (Wildman–Crippen LogP) is 3.46. The van der Waals surface area contributed by atoms with Gasteiger partial charge in [0.15, 0.2) is 0 Å². The van der Waals surface area contributed by atoms with Crippen LogP contribution in [0, 0.1) is 12.7 Å². The van der Waals surface area contributed by atoms with Crippen LogP contribution in [0.15, 0.2) is 53.1 Å². The standard InChI is InChI=1S/C18H17FN4O/c1-11-3-2-4-13(9-11)17-20-18(24-23-17)16-10-15(21-22-16)12-5-7-14(19)8-6-12/h2-9,15-16,21-22H,10H2,1H3. The summed E-state index contributed by atoms with van der Waals surface area (Å²) in [6.45, 7) is 2.03. The summed E-state index contributed by atoms with van der Waals surface area (Å²) >= 11 is 0. The molecule has 2 atom stereocenters. The van der Waals surface area contributed by atoms with E-state index in [9.17, 15) is 4.39 Å². The molecule has 3 aromatic rings. The molecule has 24 heavy (non-hydrogen) atoms. The molecular weight excluding hydrogens is 307 g/mol. The Hall–Kier alpha value is -2.57. The third-order valence-electron chi connectivity index (χ3n) is 4.19. The minimum absolute atomic E-state index is 0.0740. The van der Waals surface area contributed by atoms with Gasteiger partial charge in [0.25, 0.3) is 0 Å². The Kier molecular flexibility index (Phi) is 3.84. The zero-order valence-corrected chi connectivity index (χ0v) is 13.2. The van der Waals surface area contributed by atoms with Crippen molar-refractivity contribution in [3.8, 4) is 11.4 Å². The average Bonchev–Trinajstić information content (AvgIpc) is 3.25. The largest absolute Gasteiger partial charge is 0.337 e. The Morgan fingerprint density at radius 2 is 1.88 bits per heavy atom. The lowest BCUT2D eigenvalue weighted by atomic mass is 10.0. The van der Waals surface area contributed by atoms with Crippen molar-refractivity contribution in [2.75, 3.05) is 0 Å². The zero-order valence-electron chi connectivity index (χ0n) is 13.2. The second-order valence-electron chi connectivity index (χ2n) is 6.01. The highest BCUT2D eigenvalue weighted by Gasteiger charge is 2.30. The van der Waals surface area contributed by atoms with Gasteiger partial charge in [-0.15, -0.1) is 0 Å². The van der Waals surface area contributed by atoms with Gasteiger partial charge in [0.1, 0.15) is 11.9 Å². The highest BCUT2D eigenvalue weighted by molar-refractivity contribution is 5.55. The number of hydrogen-bond donors (Lipinski definition) is 2. The highest BCUT2D eigenvalue weighted by Crippen LogP contribution is 2.31. The fraction of sp³-hybridized carbons (Fsp3) is 0.222. The lowest BCUT2D eigenvalue weighted by Gasteiger charge is -2.08. The Balaban J connectivity index is 1.50. The van der Waals surface area contributed by atoms with Crippen LogP contribution in [0.2, 0.25) is 0 Å². The molecule has 4 rings (SSSR count). The van der Waals surface area contributed by atoms with Gasteiger partial charge in [-0.1, -0.05) is 41.1 Å². The molecule has 0 amide bonds. The monoisotopic (exact) mass is 324 g/mol. The molecule has 2 unspecified atom stereocenters. The molecular formula is C18H17FN4O. The molecule has 0 aliphatic carbocycles. The molecule has 0 spiro atoms. The van der Waals surface area contributed by atoms with E-state index in [4.69, 9.17) is 4.52 Å². The smallest absolute Gasteiger partial charge is 0.245 e. The maximum atomic E-state index is 13.0. The topological polar surface area (TPSA) is 63.0 Å². The number of nitrogens with one attached hydrogen (secondary N) is 2. The summed E-state index contributed by atoms with van der Waals surface area (Å²) < 4.78 is 18.5. The molecule has 2 N–H and O–H groups in total. The summed E-state index contributed by atoms with van der Waals surface area (Å²) in [7, 11) is 0. The van der Waals surface area contributed by atoms with E-state index in [0.717, 1.165) is 23.1 Å². The zero-order chi connectivity index (χ0) is 16.5. The average molecular weight is 324 g/mol. The number of benzene rings is 2. The number of aromatic nitrogens is 2. The molecule has 1 aliphatic heterocycles. The van der Waals surface area contributed by atoms with E-state index in [1.807, 2.05) is 31.2 Å². The molecule has 2 heterocycles. The summed E-state index contributed by atoms with van der Waals surface area (Å²) in [5.74, 6) is 0.894. The van der Waals surface area contributed by atoms with E-state index >= 15 is 0 Å². The molecule has 2 aromatic carbocycles. The van der Waals surface area contributed by atoms with Crippen molar-refractivity contribution in [1.29, 1.82) is 0 Å². The number of rotatable bonds is 3. The van der Waals surface area contributed by atoms with E-state index in [1.54, 1.807) is 12.1 Å². The van der Waals surface area contributed by atoms with Crippen molar-refractivity contribution in [2.45, 2.75) is 25.4 Å². The first kappa shape index (κ1) is 15.0. The van der Waals surface area contributed by atoms with Crippen molar-refractivity contribution in [1.82, 2.24) is 21.0 Å². The van der Waals surface area contributed by atoms with E-state index in [0.29, 0.717) is 11.7 Å². The van der Waals surface area contributed by atoms with Crippen LogP contribution in [0.25, 0.3) is 11.4 Å². The quantitative estimate of drug-likeness (QED) is 0.772. The van der Waals surface area contributed by atoms with Crippen LogP contribution in [-0.2, 0) is 0 Å². The van der Waals surface area contributed by atoms with Crippen LogP contribution < -0.4 is 10.9 Å². The van der Waals surface area contributed by atoms with Crippen LogP contribution in [0.3, 0.4) is 0 Å². The van der Waals surface area contributed by atoms with Gasteiger partial charge in [-0.2, -0.15) is 4.98 Å². The van der Waals surface area contributed by atoms with Gasteiger partial charge in [-0.25, -0.2) is 15.2 Å². The first-order valence-corrected chi connectivity index (χ1v) is 7.86. The summed E-state index contributed by atoms with van der Waals surface area (Å²) in [6.07, 6.45) is 0.751. The SMILES string of the molecule is Cc1cccc(-c2noc(C3CC(c4ccc(F)cc4)NN3)n2)c1. The van der Waals surface area contributed by atoms with Crippen LogP contribution >= 0.6 is 0 Å². The normalized spacial score (nSPS) is 20.4. The summed E-state index contributed by atoms with van der Waals surface area (Å²) in [5, 5.41) is 4.08. The number of hydrogen-bond acceptors (Lipinski definition) is 5. The van der Waals surface area contributed by atoms with Crippen LogP contribution in [-0.4, -0.2) is 10.1 Å². The second kappa shape index (κ2) is 6.14. The van der Waals surface area contributed by atoms with E-state index < -0.39 is 0 Å². The minimum atomic E-state index is -0.235. The molecule has 1 fully saturated rings. The summed E-state index contributed by atoms with van der Waals surface area (Å²) in [4.78, 5) is 4.51. The summed E-state index contributed by atoms with van der Waals surface area (Å²) in [6, 6.07) is 14.5. The van der Waals surface area contributed by atoms with Gasteiger partial charge in [0.05, 0.1) is 0 Å². The molecule has 0 saturated carbocycles. The van der Waals surface area contributed by atoms with Gasteiger partial charge in [0, 0.05) is 11.6 Å². The highest BCUT2D eigenvalue weighted by atomic mass is 19.1. The number of hydrazine groups is 1. The lowest BCUT2D eigenvalue weighted by molar-refractivity contribution is 0.340. The maximum absolute atomic E-state index is 13.0. The number of aryl methyl sites for hydroxylation is 1. The first-order valence-electron chi connectivity index (χ1n) is 7.86. The van der Waals surface area contributed by atoms with E-state index in [-0.39, 0.29) is 17.9 Å². The van der Waals surface area contributed by atoms with Crippen LogP contribution in [0.4, 0.5) is 4.39 Å². The number of nitrogens with zero attached hydrogens (tertiary/aromatic N) is 2. The fourth-order valence-electron chi connectivity index (χ4n) is 2.91. The van der Waals surface area contributed by atoms with Gasteiger partial charge >= 0.3 is 0 Å².